The number of nitrogens with two attached hydrogens (primary N) is 1. The molecular formula is C12H27NO4S. The van der Waals surface area contributed by atoms with Crippen LogP contribution in [0.15, 0.2) is 0 Å². The lowest BCUT2D eigenvalue weighted by molar-refractivity contribution is 0.0188. The van der Waals surface area contributed by atoms with E-state index in [4.69, 9.17) is 14.6 Å². The van der Waals surface area contributed by atoms with Crippen LogP contribution in [-0.2, 0) is 19.5 Å². The monoisotopic (exact) mass is 281 g/mol. The Balaban J connectivity index is 4.04. The van der Waals surface area contributed by atoms with Gasteiger partial charge in [0, 0.05) is 12.5 Å². The first-order valence-electron chi connectivity index (χ1n) is 6.32. The van der Waals surface area contributed by atoms with Crippen LogP contribution < -0.4 is 5.14 Å². The van der Waals surface area contributed by atoms with Crippen LogP contribution in [0.4, 0.5) is 0 Å². The second-order valence-corrected chi connectivity index (χ2v) is 7.24. The van der Waals surface area contributed by atoms with Crippen molar-refractivity contribution in [1.82, 2.24) is 0 Å². The maximum atomic E-state index is 11.2. The van der Waals surface area contributed by atoms with Gasteiger partial charge in [-0.2, -0.15) is 0 Å². The minimum atomic E-state index is -3.47. The van der Waals surface area contributed by atoms with Crippen LogP contribution in [0.3, 0.4) is 0 Å². The van der Waals surface area contributed by atoms with Crippen LogP contribution in [0, 0.1) is 11.3 Å². The second-order valence-electron chi connectivity index (χ2n) is 5.58. The van der Waals surface area contributed by atoms with E-state index in [0.29, 0.717) is 19.8 Å². The van der Waals surface area contributed by atoms with Gasteiger partial charge in [0.15, 0.2) is 0 Å². The van der Waals surface area contributed by atoms with E-state index in [1.165, 1.54) is 0 Å². The Morgan fingerprint density at radius 2 is 1.67 bits per heavy atom. The Morgan fingerprint density at radius 3 is 2.11 bits per heavy atom. The highest BCUT2D eigenvalue weighted by Crippen LogP contribution is 2.27. The first-order valence-corrected chi connectivity index (χ1v) is 8.04. The number of rotatable bonds is 9. The molecule has 1 unspecified atom stereocenters. The van der Waals surface area contributed by atoms with Gasteiger partial charge in [-0.3, -0.25) is 0 Å². The van der Waals surface area contributed by atoms with Crippen LogP contribution in [0.5, 0.6) is 0 Å². The van der Waals surface area contributed by atoms with E-state index in [2.05, 4.69) is 0 Å². The van der Waals surface area contributed by atoms with Gasteiger partial charge < -0.3 is 9.47 Å². The van der Waals surface area contributed by atoms with Crippen LogP contribution in [0.25, 0.3) is 0 Å². The lowest BCUT2D eigenvalue weighted by atomic mass is 9.82. The topological polar surface area (TPSA) is 78.6 Å². The second kappa shape index (κ2) is 8.09. The van der Waals surface area contributed by atoms with Crippen LogP contribution in [0.1, 0.15) is 34.1 Å². The highest BCUT2D eigenvalue weighted by Gasteiger charge is 2.28. The van der Waals surface area contributed by atoms with Crippen molar-refractivity contribution in [1.29, 1.82) is 0 Å². The summed E-state index contributed by atoms with van der Waals surface area (Å²) in [6.45, 7) is 10.1. The SMILES string of the molecule is CCCOCCOCC(CS(N)(=O)=O)C(C)(C)C. The standard InChI is InChI=1S/C12H27NO4S/c1-5-6-16-7-8-17-9-11(12(2,3)4)10-18(13,14)15/h11H,5-10H2,1-4H3,(H2,13,14,15). The summed E-state index contributed by atoms with van der Waals surface area (Å²) < 4.78 is 33.1. The summed E-state index contributed by atoms with van der Waals surface area (Å²) in [6.07, 6.45) is 0.982. The van der Waals surface area contributed by atoms with Crippen molar-refractivity contribution >= 4 is 10.0 Å². The molecule has 0 radical (unpaired) electrons. The molecule has 0 aromatic carbocycles. The zero-order valence-corrected chi connectivity index (χ0v) is 12.8. The highest BCUT2D eigenvalue weighted by molar-refractivity contribution is 7.89. The van der Waals surface area contributed by atoms with E-state index in [9.17, 15) is 8.42 Å². The van der Waals surface area contributed by atoms with Gasteiger partial charge in [-0.1, -0.05) is 27.7 Å². The number of hydrogen-bond donors (Lipinski definition) is 1. The van der Waals surface area contributed by atoms with Crippen molar-refractivity contribution in [3.63, 3.8) is 0 Å². The Hall–Kier alpha value is -0.170. The minimum absolute atomic E-state index is 0.0493. The fourth-order valence-corrected chi connectivity index (χ4v) is 2.58. The summed E-state index contributed by atoms with van der Waals surface area (Å²) in [4.78, 5) is 0. The van der Waals surface area contributed by atoms with Gasteiger partial charge >= 0.3 is 0 Å². The molecule has 0 spiro atoms. The van der Waals surface area contributed by atoms with E-state index in [1.54, 1.807) is 0 Å². The van der Waals surface area contributed by atoms with E-state index >= 15 is 0 Å². The van der Waals surface area contributed by atoms with Crippen LogP contribution in [0.2, 0.25) is 0 Å². The highest BCUT2D eigenvalue weighted by atomic mass is 32.2. The molecule has 5 nitrogen and oxygen atoms in total. The van der Waals surface area contributed by atoms with Gasteiger partial charge in [-0.25, -0.2) is 13.6 Å². The number of ether oxygens (including phenoxy) is 2. The molecule has 1 atom stereocenters. The summed E-state index contributed by atoms with van der Waals surface area (Å²) in [5, 5.41) is 5.09. The molecule has 110 valence electrons. The van der Waals surface area contributed by atoms with Crippen molar-refractivity contribution in [3.05, 3.63) is 0 Å². The van der Waals surface area contributed by atoms with Crippen molar-refractivity contribution in [2.75, 3.05) is 32.2 Å². The fourth-order valence-electron chi connectivity index (χ4n) is 1.42. The van der Waals surface area contributed by atoms with Crippen molar-refractivity contribution in [2.24, 2.45) is 16.5 Å². The molecule has 0 aliphatic carbocycles. The molecule has 6 heteroatoms. The molecule has 0 fully saturated rings. The molecule has 18 heavy (non-hydrogen) atoms. The fraction of sp³-hybridized carbons (Fsp3) is 1.00. The lowest BCUT2D eigenvalue weighted by Gasteiger charge is -2.29. The molecule has 0 saturated carbocycles. The molecule has 2 N–H and O–H groups in total. The summed E-state index contributed by atoms with van der Waals surface area (Å²) in [5.41, 5.74) is -0.156. The summed E-state index contributed by atoms with van der Waals surface area (Å²) >= 11 is 0. The predicted molar refractivity (Wildman–Crippen MR) is 72.8 cm³/mol. The minimum Gasteiger partial charge on any atom is -0.379 e. The molecule has 0 heterocycles. The van der Waals surface area contributed by atoms with Gasteiger partial charge in [-0.15, -0.1) is 0 Å². The van der Waals surface area contributed by atoms with Crippen molar-refractivity contribution < 1.29 is 17.9 Å². The van der Waals surface area contributed by atoms with Gasteiger partial charge in [0.1, 0.15) is 0 Å². The van der Waals surface area contributed by atoms with E-state index in [0.717, 1.165) is 13.0 Å². The zero-order valence-electron chi connectivity index (χ0n) is 11.9. The van der Waals surface area contributed by atoms with Crippen LogP contribution in [-0.4, -0.2) is 40.6 Å². The van der Waals surface area contributed by atoms with Gasteiger partial charge in [-0.05, 0) is 11.8 Å². The van der Waals surface area contributed by atoms with E-state index in [1.807, 2.05) is 27.7 Å². The summed E-state index contributed by atoms with van der Waals surface area (Å²) in [5.74, 6) is -0.162. The average molecular weight is 281 g/mol. The summed E-state index contributed by atoms with van der Waals surface area (Å²) in [6, 6.07) is 0. The van der Waals surface area contributed by atoms with Gasteiger partial charge in [0.2, 0.25) is 10.0 Å². The smallest absolute Gasteiger partial charge is 0.209 e. The Morgan fingerprint density at radius 1 is 1.11 bits per heavy atom. The molecule has 0 aromatic rings. The maximum Gasteiger partial charge on any atom is 0.209 e. The lowest BCUT2D eigenvalue weighted by Crippen LogP contribution is -2.35. The van der Waals surface area contributed by atoms with Crippen LogP contribution >= 0.6 is 0 Å². The van der Waals surface area contributed by atoms with Crippen molar-refractivity contribution in [3.8, 4) is 0 Å². The molecule has 0 aliphatic heterocycles. The van der Waals surface area contributed by atoms with E-state index in [-0.39, 0.29) is 17.1 Å². The quantitative estimate of drug-likeness (QED) is 0.648. The van der Waals surface area contributed by atoms with Gasteiger partial charge in [0.05, 0.1) is 25.6 Å². The number of primary sulfonamides is 1. The average Bonchev–Trinajstić information content (AvgIpc) is 2.18. The molecular weight excluding hydrogens is 254 g/mol. The molecule has 0 aliphatic rings. The largest absolute Gasteiger partial charge is 0.379 e. The molecule has 0 saturated heterocycles. The third kappa shape index (κ3) is 9.82. The number of hydrogen-bond acceptors (Lipinski definition) is 4. The maximum absolute atomic E-state index is 11.2. The normalized spacial score (nSPS) is 14.7. The Labute approximate surface area is 111 Å². The van der Waals surface area contributed by atoms with Crippen molar-refractivity contribution in [2.45, 2.75) is 34.1 Å². The zero-order chi connectivity index (χ0) is 14.2. The van der Waals surface area contributed by atoms with E-state index < -0.39 is 10.0 Å². The molecule has 0 aromatic heterocycles. The first kappa shape index (κ1) is 17.8. The Bertz CT molecular complexity index is 309. The molecule has 0 rings (SSSR count). The summed E-state index contributed by atoms with van der Waals surface area (Å²) in [7, 11) is -3.47. The Kier molecular flexibility index (Phi) is 8.02. The number of sulfonamides is 1. The first-order chi connectivity index (χ1) is 8.17. The van der Waals surface area contributed by atoms with Gasteiger partial charge in [0.25, 0.3) is 0 Å². The molecule has 0 bridgehead atoms. The molecule has 0 amide bonds. The third-order valence-corrected chi connectivity index (χ3v) is 3.56. The predicted octanol–water partition coefficient (Wildman–Crippen LogP) is 1.38. The third-order valence-electron chi connectivity index (χ3n) is 2.70.